The fourth-order valence-electron chi connectivity index (χ4n) is 4.34. The fraction of sp³-hybridized carbons (Fsp3) is 0.714. The van der Waals surface area contributed by atoms with Gasteiger partial charge in [0.15, 0.2) is 5.96 Å². The Hall–Kier alpha value is -1.69. The second-order valence-corrected chi connectivity index (χ2v) is 8.29. The van der Waals surface area contributed by atoms with Crippen molar-refractivity contribution in [3.05, 3.63) is 18.5 Å². The van der Waals surface area contributed by atoms with Gasteiger partial charge in [-0.15, -0.1) is 24.0 Å². The van der Waals surface area contributed by atoms with Crippen molar-refractivity contribution in [2.45, 2.75) is 19.3 Å². The highest BCUT2D eigenvalue weighted by Gasteiger charge is 2.31. The summed E-state index contributed by atoms with van der Waals surface area (Å²) in [6.07, 6.45) is 6.98. The van der Waals surface area contributed by atoms with Gasteiger partial charge in [0.25, 0.3) is 0 Å². The molecule has 0 aromatic carbocycles. The first-order chi connectivity index (χ1) is 14.7. The smallest absolute Gasteiger partial charge is 0.225 e. The third-order valence-corrected chi connectivity index (χ3v) is 6.48. The predicted molar refractivity (Wildman–Crippen MR) is 133 cm³/mol. The van der Waals surface area contributed by atoms with E-state index in [9.17, 15) is 4.79 Å². The number of aliphatic imine (C=N–C) groups is 1. The maximum Gasteiger partial charge on any atom is 0.225 e. The molecule has 9 nitrogen and oxygen atoms in total. The van der Waals surface area contributed by atoms with Crippen LogP contribution in [-0.2, 0) is 4.79 Å². The van der Waals surface area contributed by atoms with Crippen LogP contribution in [0.3, 0.4) is 0 Å². The summed E-state index contributed by atoms with van der Waals surface area (Å²) in [7, 11) is 1.85. The third kappa shape index (κ3) is 6.18. The van der Waals surface area contributed by atoms with Gasteiger partial charge in [0.2, 0.25) is 11.9 Å². The number of aromatic nitrogens is 2. The first-order valence-corrected chi connectivity index (χ1v) is 11.2. The molecule has 2 saturated heterocycles. The van der Waals surface area contributed by atoms with Crippen molar-refractivity contribution < 1.29 is 4.79 Å². The monoisotopic (exact) mass is 542 g/mol. The molecular formula is C21H35IN8O. The number of anilines is 1. The Morgan fingerprint density at radius 3 is 2.26 bits per heavy atom. The Kier molecular flexibility index (Phi) is 9.12. The van der Waals surface area contributed by atoms with E-state index in [1.54, 1.807) is 12.4 Å². The quantitative estimate of drug-likeness (QED) is 0.334. The molecule has 1 saturated carbocycles. The van der Waals surface area contributed by atoms with Crippen molar-refractivity contribution in [3.63, 3.8) is 0 Å². The molecule has 0 spiro atoms. The van der Waals surface area contributed by atoms with Crippen LogP contribution in [0.2, 0.25) is 0 Å². The van der Waals surface area contributed by atoms with Gasteiger partial charge < -0.3 is 20.0 Å². The number of guanidine groups is 1. The Labute approximate surface area is 202 Å². The summed E-state index contributed by atoms with van der Waals surface area (Å²) in [5, 5.41) is 3.52. The maximum atomic E-state index is 12.4. The standard InChI is InChI=1S/C21H34N8O.HI/c1-22-20(28-14-16-29(17-15-28)21-23-6-3-7-24-21)25-8-9-26-10-12-27(13-11-26)19(30)18-4-2-5-18;/h3,6-7,18H,2,4-5,8-17H2,1H3,(H,22,25);1H. The van der Waals surface area contributed by atoms with Gasteiger partial charge in [-0.3, -0.25) is 14.7 Å². The fourth-order valence-corrected chi connectivity index (χ4v) is 4.34. The molecule has 2 aliphatic heterocycles. The molecule has 0 unspecified atom stereocenters. The van der Waals surface area contributed by atoms with E-state index in [2.05, 4.69) is 39.9 Å². The highest BCUT2D eigenvalue weighted by atomic mass is 127. The number of hydrogen-bond donors (Lipinski definition) is 1. The van der Waals surface area contributed by atoms with E-state index < -0.39 is 0 Å². The van der Waals surface area contributed by atoms with Crippen LogP contribution in [0.1, 0.15) is 19.3 Å². The molecule has 0 atom stereocenters. The summed E-state index contributed by atoms with van der Waals surface area (Å²) in [6.45, 7) is 9.10. The summed E-state index contributed by atoms with van der Waals surface area (Å²) in [5.41, 5.74) is 0. The SMILES string of the molecule is CN=C(NCCN1CCN(C(=O)C2CCC2)CC1)N1CCN(c2ncccn2)CC1.I. The summed E-state index contributed by atoms with van der Waals surface area (Å²) in [6, 6.07) is 1.84. The first-order valence-electron chi connectivity index (χ1n) is 11.2. The van der Waals surface area contributed by atoms with Crippen molar-refractivity contribution in [1.29, 1.82) is 0 Å². The van der Waals surface area contributed by atoms with Gasteiger partial charge in [-0.25, -0.2) is 9.97 Å². The summed E-state index contributed by atoms with van der Waals surface area (Å²) < 4.78 is 0. The molecule has 1 aromatic heterocycles. The van der Waals surface area contributed by atoms with Gasteiger partial charge >= 0.3 is 0 Å². The lowest BCUT2D eigenvalue weighted by molar-refractivity contribution is -0.139. The summed E-state index contributed by atoms with van der Waals surface area (Å²) >= 11 is 0. The van der Waals surface area contributed by atoms with Crippen LogP contribution in [0.4, 0.5) is 5.95 Å². The average molecular weight is 542 g/mol. The number of piperazine rings is 2. The highest BCUT2D eigenvalue weighted by Crippen LogP contribution is 2.28. The molecule has 10 heteroatoms. The van der Waals surface area contributed by atoms with Crippen molar-refractivity contribution >= 4 is 41.8 Å². The van der Waals surface area contributed by atoms with Crippen molar-refractivity contribution in [3.8, 4) is 0 Å². The Balaban J connectivity index is 0.00000272. The lowest BCUT2D eigenvalue weighted by Gasteiger charge is -2.39. The maximum absolute atomic E-state index is 12.4. The minimum atomic E-state index is 0. The predicted octanol–water partition coefficient (Wildman–Crippen LogP) is 0.736. The molecule has 3 heterocycles. The molecule has 1 N–H and O–H groups in total. The number of rotatable bonds is 5. The second-order valence-electron chi connectivity index (χ2n) is 8.29. The molecule has 1 aliphatic carbocycles. The zero-order valence-electron chi connectivity index (χ0n) is 18.4. The lowest BCUT2D eigenvalue weighted by Crippen LogP contribution is -2.55. The van der Waals surface area contributed by atoms with Gasteiger partial charge in [0.1, 0.15) is 0 Å². The summed E-state index contributed by atoms with van der Waals surface area (Å²) in [4.78, 5) is 34.6. The van der Waals surface area contributed by atoms with E-state index >= 15 is 0 Å². The Bertz CT molecular complexity index is 713. The van der Waals surface area contributed by atoms with Crippen molar-refractivity contribution in [2.75, 3.05) is 77.4 Å². The highest BCUT2D eigenvalue weighted by molar-refractivity contribution is 14.0. The molecule has 172 valence electrons. The number of amides is 1. The van der Waals surface area contributed by atoms with Crippen molar-refractivity contribution in [1.82, 2.24) is 30.0 Å². The van der Waals surface area contributed by atoms with Crippen LogP contribution in [0.25, 0.3) is 0 Å². The summed E-state index contributed by atoms with van der Waals surface area (Å²) in [5.74, 6) is 2.47. The second kappa shape index (κ2) is 11.8. The Morgan fingerprint density at radius 2 is 1.68 bits per heavy atom. The Morgan fingerprint density at radius 1 is 1.03 bits per heavy atom. The van der Waals surface area contributed by atoms with Crippen LogP contribution in [0, 0.1) is 5.92 Å². The van der Waals surface area contributed by atoms with Crippen LogP contribution in [0.5, 0.6) is 0 Å². The molecule has 4 rings (SSSR count). The van der Waals surface area contributed by atoms with Gasteiger partial charge in [0, 0.05) is 90.8 Å². The topological polar surface area (TPSA) is 80.2 Å². The zero-order valence-corrected chi connectivity index (χ0v) is 20.8. The van der Waals surface area contributed by atoms with Crippen LogP contribution >= 0.6 is 24.0 Å². The number of nitrogens with one attached hydrogen (secondary N) is 1. The largest absolute Gasteiger partial charge is 0.355 e. The number of halogens is 1. The average Bonchev–Trinajstić information content (AvgIpc) is 2.77. The van der Waals surface area contributed by atoms with E-state index in [1.165, 1.54) is 6.42 Å². The number of carbonyl (C=O) groups excluding carboxylic acids is 1. The molecule has 3 aliphatic rings. The zero-order chi connectivity index (χ0) is 20.8. The lowest BCUT2D eigenvalue weighted by atomic mass is 9.84. The number of nitrogens with zero attached hydrogens (tertiary/aromatic N) is 7. The molecular weight excluding hydrogens is 507 g/mol. The van der Waals surface area contributed by atoms with Gasteiger partial charge in [-0.2, -0.15) is 0 Å². The molecule has 1 aromatic rings. The molecule has 0 radical (unpaired) electrons. The third-order valence-electron chi connectivity index (χ3n) is 6.48. The van der Waals surface area contributed by atoms with Crippen LogP contribution in [0.15, 0.2) is 23.5 Å². The van der Waals surface area contributed by atoms with Crippen LogP contribution < -0.4 is 10.2 Å². The minimum absolute atomic E-state index is 0. The van der Waals surface area contributed by atoms with E-state index in [0.29, 0.717) is 11.8 Å². The minimum Gasteiger partial charge on any atom is -0.355 e. The van der Waals surface area contributed by atoms with Gasteiger partial charge in [-0.1, -0.05) is 6.42 Å². The van der Waals surface area contributed by atoms with Gasteiger partial charge in [0.05, 0.1) is 0 Å². The van der Waals surface area contributed by atoms with E-state index in [1.807, 2.05) is 13.1 Å². The van der Waals surface area contributed by atoms with E-state index in [-0.39, 0.29) is 24.0 Å². The molecule has 3 fully saturated rings. The van der Waals surface area contributed by atoms with Crippen molar-refractivity contribution in [2.24, 2.45) is 10.9 Å². The molecule has 0 bridgehead atoms. The van der Waals surface area contributed by atoms with Crippen LogP contribution in [-0.4, -0.2) is 109 Å². The number of hydrogen-bond acceptors (Lipinski definition) is 6. The van der Waals surface area contributed by atoms with Gasteiger partial charge in [-0.05, 0) is 18.9 Å². The molecule has 1 amide bonds. The normalized spacial score (nSPS) is 20.8. The van der Waals surface area contributed by atoms with E-state index in [4.69, 9.17) is 0 Å². The first kappa shape index (κ1) is 24.0. The molecule has 31 heavy (non-hydrogen) atoms. The number of carbonyl (C=O) groups is 1. The van der Waals surface area contributed by atoms with E-state index in [0.717, 1.165) is 90.2 Å².